The molecule has 0 aliphatic carbocycles. The fourth-order valence-electron chi connectivity index (χ4n) is 3.77. The Bertz CT molecular complexity index is 1080. The predicted octanol–water partition coefficient (Wildman–Crippen LogP) is 4.59. The Kier molecular flexibility index (Phi) is 6.04. The number of aliphatic carboxylic acids is 1. The van der Waals surface area contributed by atoms with Gasteiger partial charge in [0.2, 0.25) is 5.89 Å². The Labute approximate surface area is 180 Å². The van der Waals surface area contributed by atoms with Gasteiger partial charge in [0.15, 0.2) is 0 Å². The molecule has 0 bridgehead atoms. The first-order chi connectivity index (χ1) is 14.9. The SMILES string of the molecule is Cc1cccc(COc2ccc(-c3nc4c(o3)CCN(C(C)CC(=O)O)C4)cc2)c1F. The molecule has 1 unspecified atom stereocenters. The number of halogens is 1. The number of oxazole rings is 1. The molecule has 4 rings (SSSR count). The van der Waals surface area contributed by atoms with E-state index >= 15 is 0 Å². The molecule has 162 valence electrons. The number of nitrogens with zero attached hydrogens (tertiary/aromatic N) is 2. The van der Waals surface area contributed by atoms with Gasteiger partial charge in [-0.15, -0.1) is 0 Å². The van der Waals surface area contributed by atoms with Crippen molar-refractivity contribution in [1.82, 2.24) is 9.88 Å². The average Bonchev–Trinajstić information content (AvgIpc) is 3.18. The van der Waals surface area contributed by atoms with Gasteiger partial charge >= 0.3 is 5.97 Å². The van der Waals surface area contributed by atoms with Crippen molar-refractivity contribution in [2.75, 3.05) is 6.54 Å². The molecule has 1 aliphatic heterocycles. The van der Waals surface area contributed by atoms with Crippen LogP contribution in [0.15, 0.2) is 46.9 Å². The number of carboxylic acid groups (broad SMARTS) is 1. The number of benzene rings is 2. The van der Waals surface area contributed by atoms with Crippen molar-refractivity contribution in [3.05, 3.63) is 70.9 Å². The zero-order valence-electron chi connectivity index (χ0n) is 17.6. The quantitative estimate of drug-likeness (QED) is 0.598. The van der Waals surface area contributed by atoms with Crippen LogP contribution in [0.3, 0.4) is 0 Å². The molecule has 1 aliphatic rings. The van der Waals surface area contributed by atoms with Crippen LogP contribution in [0, 0.1) is 12.7 Å². The molecule has 1 N–H and O–H groups in total. The topological polar surface area (TPSA) is 75.8 Å². The van der Waals surface area contributed by atoms with Crippen molar-refractivity contribution in [2.45, 2.75) is 45.9 Å². The highest BCUT2D eigenvalue weighted by Crippen LogP contribution is 2.28. The maximum atomic E-state index is 14.1. The number of carboxylic acids is 1. The molecular weight excluding hydrogens is 399 g/mol. The van der Waals surface area contributed by atoms with E-state index < -0.39 is 5.97 Å². The van der Waals surface area contributed by atoms with Gasteiger partial charge in [-0.3, -0.25) is 9.69 Å². The molecule has 2 aromatic carbocycles. The van der Waals surface area contributed by atoms with E-state index in [9.17, 15) is 9.18 Å². The molecule has 31 heavy (non-hydrogen) atoms. The summed E-state index contributed by atoms with van der Waals surface area (Å²) in [5, 5.41) is 9.02. The van der Waals surface area contributed by atoms with Crippen LogP contribution in [0.25, 0.3) is 11.5 Å². The minimum Gasteiger partial charge on any atom is -0.489 e. The third-order valence-corrected chi connectivity index (χ3v) is 5.62. The van der Waals surface area contributed by atoms with Crippen molar-refractivity contribution < 1.29 is 23.4 Å². The molecule has 0 radical (unpaired) electrons. The summed E-state index contributed by atoms with van der Waals surface area (Å²) >= 11 is 0. The standard InChI is InChI=1S/C24H25FN2O4/c1-15-4-3-5-18(23(15)25)14-30-19-8-6-17(7-9-19)24-26-20-13-27(11-10-21(20)31-24)16(2)12-22(28)29/h3-9,16H,10-14H2,1-2H3,(H,28,29). The van der Waals surface area contributed by atoms with E-state index in [-0.39, 0.29) is 24.9 Å². The first kappa shape index (κ1) is 21.1. The normalized spacial score (nSPS) is 14.8. The summed E-state index contributed by atoms with van der Waals surface area (Å²) in [7, 11) is 0. The lowest BCUT2D eigenvalue weighted by atomic mass is 10.1. The van der Waals surface area contributed by atoms with Crippen molar-refractivity contribution in [2.24, 2.45) is 0 Å². The summed E-state index contributed by atoms with van der Waals surface area (Å²) in [5.74, 6) is 0.982. The lowest BCUT2D eigenvalue weighted by molar-refractivity contribution is -0.138. The van der Waals surface area contributed by atoms with Crippen molar-refractivity contribution >= 4 is 5.97 Å². The number of rotatable bonds is 7. The van der Waals surface area contributed by atoms with Crippen LogP contribution in [-0.2, 0) is 24.4 Å². The zero-order chi connectivity index (χ0) is 22.0. The van der Waals surface area contributed by atoms with E-state index in [2.05, 4.69) is 9.88 Å². The number of ether oxygens (including phenoxy) is 1. The zero-order valence-corrected chi connectivity index (χ0v) is 17.6. The fraction of sp³-hybridized carbons (Fsp3) is 0.333. The minimum atomic E-state index is -0.799. The fourth-order valence-corrected chi connectivity index (χ4v) is 3.77. The maximum Gasteiger partial charge on any atom is 0.304 e. The van der Waals surface area contributed by atoms with Gasteiger partial charge in [-0.05, 0) is 43.7 Å². The lowest BCUT2D eigenvalue weighted by Crippen LogP contribution is -2.38. The van der Waals surface area contributed by atoms with E-state index in [1.165, 1.54) is 0 Å². The molecule has 7 heteroatoms. The van der Waals surface area contributed by atoms with Crippen LogP contribution in [-0.4, -0.2) is 33.5 Å². The first-order valence-electron chi connectivity index (χ1n) is 10.3. The third kappa shape index (κ3) is 4.77. The van der Waals surface area contributed by atoms with Crippen molar-refractivity contribution in [3.8, 4) is 17.2 Å². The lowest BCUT2D eigenvalue weighted by Gasteiger charge is -2.30. The van der Waals surface area contributed by atoms with Gasteiger partial charge in [-0.25, -0.2) is 9.37 Å². The van der Waals surface area contributed by atoms with Gasteiger partial charge in [-0.2, -0.15) is 0 Å². The molecule has 0 fully saturated rings. The summed E-state index contributed by atoms with van der Waals surface area (Å²) in [5.41, 5.74) is 2.80. The van der Waals surface area contributed by atoms with E-state index in [0.29, 0.717) is 35.7 Å². The maximum absolute atomic E-state index is 14.1. The van der Waals surface area contributed by atoms with Gasteiger partial charge in [-0.1, -0.05) is 18.2 Å². The summed E-state index contributed by atoms with van der Waals surface area (Å²) in [6.45, 7) is 5.14. The number of hydrogen-bond acceptors (Lipinski definition) is 5. The molecule has 0 amide bonds. The molecule has 6 nitrogen and oxygen atoms in total. The molecule has 3 aromatic rings. The molecule has 1 atom stereocenters. The Morgan fingerprint density at radius 1 is 1.29 bits per heavy atom. The van der Waals surface area contributed by atoms with E-state index in [1.807, 2.05) is 37.3 Å². The van der Waals surface area contributed by atoms with Crippen LogP contribution in [0.5, 0.6) is 5.75 Å². The highest BCUT2D eigenvalue weighted by molar-refractivity contribution is 5.67. The Balaban J connectivity index is 1.41. The van der Waals surface area contributed by atoms with E-state index in [0.717, 1.165) is 23.6 Å². The molecule has 2 heterocycles. The first-order valence-corrected chi connectivity index (χ1v) is 10.3. The minimum absolute atomic E-state index is 0.0551. The molecule has 0 spiro atoms. The molecule has 1 aromatic heterocycles. The Morgan fingerprint density at radius 2 is 2.06 bits per heavy atom. The highest BCUT2D eigenvalue weighted by atomic mass is 19.1. The largest absolute Gasteiger partial charge is 0.489 e. The van der Waals surface area contributed by atoms with Gasteiger partial charge in [0.1, 0.15) is 23.9 Å². The van der Waals surface area contributed by atoms with E-state index in [1.54, 1.807) is 19.1 Å². The number of hydrogen-bond donors (Lipinski definition) is 1. The number of aryl methyl sites for hydroxylation is 1. The summed E-state index contributed by atoms with van der Waals surface area (Å²) in [6.07, 6.45) is 0.809. The van der Waals surface area contributed by atoms with Crippen LogP contribution in [0.4, 0.5) is 4.39 Å². The summed E-state index contributed by atoms with van der Waals surface area (Å²) in [6, 6.07) is 12.6. The average molecular weight is 424 g/mol. The third-order valence-electron chi connectivity index (χ3n) is 5.62. The number of aromatic nitrogens is 1. The smallest absolute Gasteiger partial charge is 0.304 e. The second kappa shape index (κ2) is 8.89. The van der Waals surface area contributed by atoms with Crippen molar-refractivity contribution in [3.63, 3.8) is 0 Å². The van der Waals surface area contributed by atoms with Crippen LogP contribution >= 0.6 is 0 Å². The van der Waals surface area contributed by atoms with Gasteiger partial charge in [0.25, 0.3) is 0 Å². The number of fused-ring (bicyclic) bond motifs is 1. The van der Waals surface area contributed by atoms with Crippen LogP contribution < -0.4 is 4.74 Å². The Morgan fingerprint density at radius 3 is 2.81 bits per heavy atom. The van der Waals surface area contributed by atoms with E-state index in [4.69, 9.17) is 14.3 Å². The second-order valence-electron chi connectivity index (χ2n) is 7.92. The summed E-state index contributed by atoms with van der Waals surface area (Å²) in [4.78, 5) is 17.7. The van der Waals surface area contributed by atoms with Gasteiger partial charge in [0, 0.05) is 36.7 Å². The second-order valence-corrected chi connectivity index (χ2v) is 7.92. The van der Waals surface area contributed by atoms with Crippen LogP contribution in [0.2, 0.25) is 0 Å². The van der Waals surface area contributed by atoms with Gasteiger partial charge < -0.3 is 14.3 Å². The highest BCUT2D eigenvalue weighted by Gasteiger charge is 2.26. The number of carbonyl (C=O) groups is 1. The Hall–Kier alpha value is -3.19. The molecular formula is C24H25FN2O4. The molecule has 0 saturated heterocycles. The monoisotopic (exact) mass is 424 g/mol. The van der Waals surface area contributed by atoms with Gasteiger partial charge in [0.05, 0.1) is 12.1 Å². The summed E-state index contributed by atoms with van der Waals surface area (Å²) < 4.78 is 25.8. The predicted molar refractivity (Wildman–Crippen MR) is 113 cm³/mol. The van der Waals surface area contributed by atoms with Crippen LogP contribution in [0.1, 0.15) is 35.9 Å². The van der Waals surface area contributed by atoms with Crippen molar-refractivity contribution in [1.29, 1.82) is 0 Å². The molecule has 0 saturated carbocycles.